The average molecular weight is 292 g/mol. The monoisotopic (exact) mass is 291 g/mol. The van der Waals surface area contributed by atoms with Crippen LogP contribution >= 0.6 is 22.9 Å². The number of hydrogen-bond acceptors (Lipinski definition) is 3. The van der Waals surface area contributed by atoms with Crippen molar-refractivity contribution >= 4 is 33.8 Å². The van der Waals surface area contributed by atoms with Crippen LogP contribution in [0.1, 0.15) is 16.1 Å². The van der Waals surface area contributed by atoms with E-state index in [0.717, 1.165) is 10.5 Å². The van der Waals surface area contributed by atoms with Gasteiger partial charge >= 0.3 is 0 Å². The summed E-state index contributed by atoms with van der Waals surface area (Å²) in [6.45, 7) is 0.407. The molecule has 0 bridgehead atoms. The summed E-state index contributed by atoms with van der Waals surface area (Å²) in [5, 5.41) is 5.31. The van der Waals surface area contributed by atoms with Crippen LogP contribution in [0.25, 0.3) is 4.96 Å². The molecule has 0 atom stereocenters. The minimum atomic E-state index is -0.135. The lowest BCUT2D eigenvalue weighted by Gasteiger charge is -2.06. The fourth-order valence-corrected chi connectivity index (χ4v) is 2.83. The van der Waals surface area contributed by atoms with Crippen LogP contribution in [0.5, 0.6) is 0 Å². The molecule has 0 fully saturated rings. The van der Waals surface area contributed by atoms with Crippen molar-refractivity contribution in [1.82, 2.24) is 14.7 Å². The summed E-state index contributed by atoms with van der Waals surface area (Å²) < 4.78 is 1.77. The Kier molecular flexibility index (Phi) is 3.23. The van der Waals surface area contributed by atoms with E-state index in [-0.39, 0.29) is 5.91 Å². The zero-order chi connectivity index (χ0) is 13.2. The van der Waals surface area contributed by atoms with E-state index in [0.29, 0.717) is 17.3 Å². The molecule has 0 aliphatic rings. The zero-order valence-corrected chi connectivity index (χ0v) is 11.4. The smallest absolute Gasteiger partial charge is 0.269 e. The van der Waals surface area contributed by atoms with Crippen LogP contribution in [0.15, 0.2) is 42.0 Å². The first-order chi connectivity index (χ1) is 9.25. The van der Waals surface area contributed by atoms with Gasteiger partial charge in [0.15, 0.2) is 4.96 Å². The molecule has 0 saturated heterocycles. The third-order valence-electron chi connectivity index (χ3n) is 2.77. The highest BCUT2D eigenvalue weighted by atomic mass is 35.5. The van der Waals surface area contributed by atoms with Crippen molar-refractivity contribution in [2.45, 2.75) is 6.54 Å². The molecule has 96 valence electrons. The molecule has 1 amide bonds. The largest absolute Gasteiger partial charge is 0.347 e. The fraction of sp³-hybridized carbons (Fsp3) is 0.0769. The molecule has 3 aromatic rings. The van der Waals surface area contributed by atoms with Crippen LogP contribution in [0.4, 0.5) is 0 Å². The zero-order valence-electron chi connectivity index (χ0n) is 9.84. The lowest BCUT2D eigenvalue weighted by molar-refractivity contribution is 0.0945. The maximum atomic E-state index is 12.1. The van der Waals surface area contributed by atoms with Gasteiger partial charge in [0.1, 0.15) is 5.69 Å². The number of benzene rings is 1. The molecule has 0 spiro atoms. The Morgan fingerprint density at radius 1 is 1.42 bits per heavy atom. The highest BCUT2D eigenvalue weighted by Crippen LogP contribution is 2.16. The predicted molar refractivity (Wildman–Crippen MR) is 75.7 cm³/mol. The minimum Gasteiger partial charge on any atom is -0.347 e. The Balaban J connectivity index is 1.76. The van der Waals surface area contributed by atoms with Crippen LogP contribution in [-0.4, -0.2) is 15.3 Å². The Bertz CT molecular complexity index is 734. The topological polar surface area (TPSA) is 46.4 Å². The first-order valence-corrected chi connectivity index (χ1v) is 6.93. The normalized spacial score (nSPS) is 10.8. The molecule has 6 heteroatoms. The van der Waals surface area contributed by atoms with Gasteiger partial charge in [0.2, 0.25) is 0 Å². The van der Waals surface area contributed by atoms with Crippen molar-refractivity contribution in [3.63, 3.8) is 0 Å². The molecule has 3 rings (SSSR count). The van der Waals surface area contributed by atoms with E-state index in [1.54, 1.807) is 22.2 Å². The molecular weight excluding hydrogens is 282 g/mol. The van der Waals surface area contributed by atoms with Gasteiger partial charge in [-0.25, -0.2) is 4.98 Å². The Labute approximate surface area is 118 Å². The summed E-state index contributed by atoms with van der Waals surface area (Å²) in [7, 11) is 0. The molecule has 1 aromatic carbocycles. The van der Waals surface area contributed by atoms with Gasteiger partial charge in [0, 0.05) is 29.3 Å². The second-order valence-corrected chi connectivity index (χ2v) is 5.22. The number of nitrogens with one attached hydrogen (secondary N) is 1. The summed E-state index contributed by atoms with van der Waals surface area (Å²) in [6, 6.07) is 7.46. The van der Waals surface area contributed by atoms with Gasteiger partial charge in [-0.2, -0.15) is 0 Å². The maximum absolute atomic E-state index is 12.1. The molecular formula is C13H10ClN3OS. The number of aromatic nitrogens is 2. The van der Waals surface area contributed by atoms with E-state index in [2.05, 4.69) is 10.3 Å². The van der Waals surface area contributed by atoms with E-state index < -0.39 is 0 Å². The van der Waals surface area contributed by atoms with Crippen molar-refractivity contribution in [3.05, 3.63) is 58.3 Å². The van der Waals surface area contributed by atoms with Gasteiger partial charge in [-0.1, -0.05) is 29.8 Å². The number of halogens is 1. The predicted octanol–water partition coefficient (Wildman–Crippen LogP) is 2.98. The maximum Gasteiger partial charge on any atom is 0.269 e. The van der Waals surface area contributed by atoms with Gasteiger partial charge in [-0.15, -0.1) is 11.3 Å². The Hall–Kier alpha value is -1.85. The lowest BCUT2D eigenvalue weighted by Crippen LogP contribution is -2.24. The third-order valence-corrected chi connectivity index (χ3v) is 3.99. The molecule has 0 radical (unpaired) electrons. The summed E-state index contributed by atoms with van der Waals surface area (Å²) in [6.07, 6.45) is 3.45. The molecule has 0 aliphatic carbocycles. The third kappa shape index (κ3) is 2.34. The van der Waals surface area contributed by atoms with E-state index in [4.69, 9.17) is 11.6 Å². The van der Waals surface area contributed by atoms with Gasteiger partial charge in [-0.05, 0) is 11.6 Å². The first-order valence-electron chi connectivity index (χ1n) is 5.68. The van der Waals surface area contributed by atoms with Crippen molar-refractivity contribution in [2.24, 2.45) is 0 Å². The average Bonchev–Trinajstić information content (AvgIpc) is 2.99. The Morgan fingerprint density at radius 3 is 3.11 bits per heavy atom. The highest BCUT2D eigenvalue weighted by Gasteiger charge is 2.12. The quantitative estimate of drug-likeness (QED) is 0.806. The van der Waals surface area contributed by atoms with Gasteiger partial charge in [0.25, 0.3) is 5.91 Å². The van der Waals surface area contributed by atoms with Crippen molar-refractivity contribution < 1.29 is 4.79 Å². The number of imidazole rings is 1. The van der Waals surface area contributed by atoms with Crippen LogP contribution in [0.2, 0.25) is 5.02 Å². The van der Waals surface area contributed by atoms with Crippen LogP contribution in [0, 0.1) is 0 Å². The molecule has 0 aliphatic heterocycles. The number of rotatable bonds is 3. The molecule has 19 heavy (non-hydrogen) atoms. The van der Waals surface area contributed by atoms with E-state index in [1.165, 1.54) is 11.3 Å². The molecule has 2 heterocycles. The molecule has 2 aromatic heterocycles. The van der Waals surface area contributed by atoms with E-state index in [1.807, 2.05) is 24.3 Å². The highest BCUT2D eigenvalue weighted by molar-refractivity contribution is 7.15. The van der Waals surface area contributed by atoms with Crippen molar-refractivity contribution in [1.29, 1.82) is 0 Å². The standard InChI is InChI=1S/C13H10ClN3OS/c14-10-4-2-1-3-9(10)7-16-12(18)11-8-19-13-15-5-6-17(11)13/h1-6,8H,7H2,(H,16,18). The number of hydrogen-bond donors (Lipinski definition) is 1. The summed E-state index contributed by atoms with van der Waals surface area (Å²) >= 11 is 7.48. The van der Waals surface area contributed by atoms with Crippen molar-refractivity contribution in [2.75, 3.05) is 0 Å². The number of thiazole rings is 1. The molecule has 1 N–H and O–H groups in total. The van der Waals surface area contributed by atoms with Crippen LogP contribution < -0.4 is 5.32 Å². The van der Waals surface area contributed by atoms with Gasteiger partial charge in [0.05, 0.1) is 0 Å². The molecule has 0 saturated carbocycles. The summed E-state index contributed by atoms with van der Waals surface area (Å²) in [5.41, 5.74) is 1.49. The second-order valence-electron chi connectivity index (χ2n) is 3.97. The number of fused-ring (bicyclic) bond motifs is 1. The second kappa shape index (κ2) is 5.03. The minimum absolute atomic E-state index is 0.135. The molecule has 0 unspecified atom stereocenters. The van der Waals surface area contributed by atoms with Crippen LogP contribution in [0.3, 0.4) is 0 Å². The SMILES string of the molecule is O=C(NCc1ccccc1Cl)c1csc2nccn12. The van der Waals surface area contributed by atoms with Crippen molar-refractivity contribution in [3.8, 4) is 0 Å². The fourth-order valence-electron chi connectivity index (χ4n) is 1.80. The van der Waals surface area contributed by atoms with Gasteiger partial charge < -0.3 is 5.32 Å². The summed E-state index contributed by atoms with van der Waals surface area (Å²) in [5.74, 6) is -0.135. The number of nitrogens with zero attached hydrogens (tertiary/aromatic N) is 2. The molecule has 4 nitrogen and oxygen atoms in total. The number of carbonyl (C=O) groups excluding carboxylic acids is 1. The van der Waals surface area contributed by atoms with E-state index in [9.17, 15) is 4.79 Å². The Morgan fingerprint density at radius 2 is 2.26 bits per heavy atom. The van der Waals surface area contributed by atoms with Crippen LogP contribution in [-0.2, 0) is 6.54 Å². The van der Waals surface area contributed by atoms with E-state index >= 15 is 0 Å². The lowest BCUT2D eigenvalue weighted by atomic mass is 10.2. The summed E-state index contributed by atoms with van der Waals surface area (Å²) in [4.78, 5) is 17.0. The number of amides is 1. The van der Waals surface area contributed by atoms with Gasteiger partial charge in [-0.3, -0.25) is 9.20 Å². The number of carbonyl (C=O) groups is 1. The first kappa shape index (κ1) is 12.2.